The zero-order chi connectivity index (χ0) is 12.3. The number of esters is 1. The van der Waals surface area contributed by atoms with Crippen LogP contribution in [0, 0.1) is 11.6 Å². The van der Waals surface area contributed by atoms with Crippen molar-refractivity contribution in [3.8, 4) is 0 Å². The van der Waals surface area contributed by atoms with Gasteiger partial charge >= 0.3 is 5.97 Å². The lowest BCUT2D eigenvalue weighted by Gasteiger charge is -2.12. The Morgan fingerprint density at radius 2 is 2.00 bits per heavy atom. The maximum atomic E-state index is 13.4. The molecule has 0 fully saturated rings. The first-order valence-electron chi connectivity index (χ1n) is 4.42. The third-order valence-corrected chi connectivity index (χ3v) is 2.49. The first-order chi connectivity index (χ1) is 7.45. The molecule has 0 radical (unpaired) electrons. The molecule has 0 spiro atoms. The summed E-state index contributed by atoms with van der Waals surface area (Å²) < 4.78 is 31.5. The molecule has 0 unspecified atom stereocenters. The van der Waals surface area contributed by atoms with E-state index in [4.69, 9.17) is 5.73 Å². The third-order valence-electron chi connectivity index (χ3n) is 2.03. The molecule has 16 heavy (non-hydrogen) atoms. The average molecular weight is 294 g/mol. The van der Waals surface area contributed by atoms with Gasteiger partial charge in [0.15, 0.2) is 0 Å². The van der Waals surface area contributed by atoms with Crippen LogP contribution in [0.3, 0.4) is 0 Å². The number of ether oxygens (including phenoxy) is 1. The van der Waals surface area contributed by atoms with Crippen molar-refractivity contribution < 1.29 is 18.3 Å². The molecule has 0 aliphatic carbocycles. The quantitative estimate of drug-likeness (QED) is 0.870. The summed E-state index contributed by atoms with van der Waals surface area (Å²) in [5.74, 6) is -2.19. The maximum Gasteiger partial charge on any atom is 0.307 e. The van der Waals surface area contributed by atoms with E-state index in [2.05, 4.69) is 20.7 Å². The van der Waals surface area contributed by atoms with E-state index in [0.29, 0.717) is 0 Å². The molecule has 0 aromatic heterocycles. The zero-order valence-electron chi connectivity index (χ0n) is 8.47. The summed E-state index contributed by atoms with van der Waals surface area (Å²) in [6.45, 7) is 0. The Kier molecular flexibility index (Phi) is 4.37. The Hall–Kier alpha value is -1.01. The predicted molar refractivity (Wildman–Crippen MR) is 57.6 cm³/mol. The lowest BCUT2D eigenvalue weighted by Crippen LogP contribution is -2.19. The van der Waals surface area contributed by atoms with Gasteiger partial charge in [0.2, 0.25) is 0 Å². The SMILES string of the molecule is COC(=O)C[C@@H](N)c1c(F)cc(Br)cc1F. The van der Waals surface area contributed by atoms with E-state index >= 15 is 0 Å². The second-order valence-electron chi connectivity index (χ2n) is 3.17. The summed E-state index contributed by atoms with van der Waals surface area (Å²) in [5.41, 5.74) is 5.22. The molecule has 0 saturated heterocycles. The second kappa shape index (κ2) is 5.36. The molecule has 6 heteroatoms. The molecular weight excluding hydrogens is 284 g/mol. The van der Waals surface area contributed by atoms with Gasteiger partial charge in [0, 0.05) is 16.1 Å². The zero-order valence-corrected chi connectivity index (χ0v) is 10.1. The standard InChI is InChI=1S/C10H10BrF2NO2/c1-16-9(15)4-8(14)10-6(12)2-5(11)3-7(10)13/h2-3,8H,4,14H2,1H3/t8-/m1/s1. The Morgan fingerprint density at radius 1 is 1.50 bits per heavy atom. The number of benzene rings is 1. The van der Waals surface area contributed by atoms with Crippen molar-refractivity contribution in [2.45, 2.75) is 12.5 Å². The van der Waals surface area contributed by atoms with Crippen molar-refractivity contribution >= 4 is 21.9 Å². The van der Waals surface area contributed by atoms with Crippen molar-refractivity contribution in [2.75, 3.05) is 7.11 Å². The minimum atomic E-state index is -1.06. The van der Waals surface area contributed by atoms with Crippen LogP contribution in [-0.4, -0.2) is 13.1 Å². The number of carbonyl (C=O) groups is 1. The average Bonchev–Trinajstić information content (AvgIpc) is 2.15. The summed E-state index contributed by atoms with van der Waals surface area (Å²) >= 11 is 2.95. The number of methoxy groups -OCH3 is 1. The van der Waals surface area contributed by atoms with Gasteiger partial charge in [0.1, 0.15) is 11.6 Å². The Morgan fingerprint density at radius 3 is 2.44 bits per heavy atom. The first kappa shape index (κ1) is 13.1. The molecule has 0 saturated carbocycles. The van der Waals surface area contributed by atoms with Gasteiger partial charge in [0.05, 0.1) is 13.5 Å². The van der Waals surface area contributed by atoms with Gasteiger partial charge in [-0.05, 0) is 12.1 Å². The fraction of sp³-hybridized carbons (Fsp3) is 0.300. The van der Waals surface area contributed by atoms with Crippen molar-refractivity contribution in [1.29, 1.82) is 0 Å². The smallest absolute Gasteiger partial charge is 0.307 e. The van der Waals surface area contributed by atoms with Crippen LogP contribution in [0.25, 0.3) is 0 Å². The molecule has 0 aliphatic rings. The van der Waals surface area contributed by atoms with Gasteiger partial charge in [-0.3, -0.25) is 4.79 Å². The summed E-state index contributed by atoms with van der Waals surface area (Å²) in [5, 5.41) is 0. The molecular formula is C10H10BrF2NO2. The van der Waals surface area contributed by atoms with Gasteiger partial charge in [0.25, 0.3) is 0 Å². The number of hydrogen-bond donors (Lipinski definition) is 1. The van der Waals surface area contributed by atoms with Crippen LogP contribution >= 0.6 is 15.9 Å². The molecule has 88 valence electrons. The molecule has 1 atom stereocenters. The number of halogens is 3. The van der Waals surface area contributed by atoms with Crippen LogP contribution in [-0.2, 0) is 9.53 Å². The van der Waals surface area contributed by atoms with Gasteiger partial charge in [-0.1, -0.05) is 15.9 Å². The van der Waals surface area contributed by atoms with E-state index in [0.717, 1.165) is 12.1 Å². The molecule has 1 rings (SSSR count). The Balaban J connectivity index is 2.99. The number of carbonyl (C=O) groups excluding carboxylic acids is 1. The molecule has 2 N–H and O–H groups in total. The molecule has 3 nitrogen and oxygen atoms in total. The topological polar surface area (TPSA) is 52.3 Å². The summed E-state index contributed by atoms with van der Waals surface area (Å²) in [7, 11) is 1.18. The van der Waals surface area contributed by atoms with Gasteiger partial charge < -0.3 is 10.5 Å². The van der Waals surface area contributed by atoms with Crippen molar-refractivity contribution in [1.82, 2.24) is 0 Å². The van der Waals surface area contributed by atoms with Crippen LogP contribution < -0.4 is 5.73 Å². The predicted octanol–water partition coefficient (Wildman–Crippen LogP) is 2.29. The largest absolute Gasteiger partial charge is 0.469 e. The van der Waals surface area contributed by atoms with Crippen molar-refractivity contribution in [2.24, 2.45) is 5.73 Å². The summed E-state index contributed by atoms with van der Waals surface area (Å²) in [6.07, 6.45) is -0.272. The van der Waals surface area contributed by atoms with E-state index in [1.54, 1.807) is 0 Å². The molecule has 1 aromatic carbocycles. The number of hydrogen-bond acceptors (Lipinski definition) is 3. The number of rotatable bonds is 3. The molecule has 0 bridgehead atoms. The minimum absolute atomic E-state index is 0.272. The molecule has 0 heterocycles. The normalized spacial score (nSPS) is 12.3. The van der Waals surface area contributed by atoms with Gasteiger partial charge in [-0.25, -0.2) is 8.78 Å². The van der Waals surface area contributed by atoms with Crippen LogP contribution in [0.4, 0.5) is 8.78 Å². The second-order valence-corrected chi connectivity index (χ2v) is 4.09. The highest BCUT2D eigenvalue weighted by Crippen LogP contribution is 2.25. The maximum absolute atomic E-state index is 13.4. The lowest BCUT2D eigenvalue weighted by atomic mass is 10.0. The molecule has 1 aromatic rings. The van der Waals surface area contributed by atoms with E-state index in [1.807, 2.05) is 0 Å². The summed E-state index contributed by atoms with van der Waals surface area (Å²) in [6, 6.07) is 1.13. The molecule has 0 aliphatic heterocycles. The van der Waals surface area contributed by atoms with Gasteiger partial charge in [-0.2, -0.15) is 0 Å². The Bertz CT molecular complexity index is 389. The van der Waals surface area contributed by atoms with E-state index in [9.17, 15) is 13.6 Å². The van der Waals surface area contributed by atoms with Crippen LogP contribution in [0.1, 0.15) is 18.0 Å². The van der Waals surface area contributed by atoms with E-state index in [1.165, 1.54) is 7.11 Å². The highest BCUT2D eigenvalue weighted by atomic mass is 79.9. The lowest BCUT2D eigenvalue weighted by molar-refractivity contribution is -0.141. The van der Waals surface area contributed by atoms with Crippen molar-refractivity contribution in [3.63, 3.8) is 0 Å². The molecule has 0 amide bonds. The number of nitrogens with two attached hydrogens (primary N) is 1. The van der Waals surface area contributed by atoms with Crippen molar-refractivity contribution in [3.05, 3.63) is 33.8 Å². The monoisotopic (exact) mass is 293 g/mol. The van der Waals surface area contributed by atoms with Crippen LogP contribution in [0.2, 0.25) is 0 Å². The fourth-order valence-corrected chi connectivity index (χ4v) is 1.67. The highest BCUT2D eigenvalue weighted by Gasteiger charge is 2.20. The Labute approximate surface area is 99.7 Å². The van der Waals surface area contributed by atoms with Gasteiger partial charge in [-0.15, -0.1) is 0 Å². The third kappa shape index (κ3) is 2.99. The first-order valence-corrected chi connectivity index (χ1v) is 5.21. The van der Waals surface area contributed by atoms with E-state index < -0.39 is 23.6 Å². The van der Waals surface area contributed by atoms with Crippen LogP contribution in [0.5, 0.6) is 0 Å². The fourth-order valence-electron chi connectivity index (χ4n) is 1.27. The highest BCUT2D eigenvalue weighted by molar-refractivity contribution is 9.10. The van der Waals surface area contributed by atoms with Crippen LogP contribution in [0.15, 0.2) is 16.6 Å². The summed E-state index contributed by atoms with van der Waals surface area (Å²) in [4.78, 5) is 10.9. The van der Waals surface area contributed by atoms with E-state index in [-0.39, 0.29) is 16.5 Å². The minimum Gasteiger partial charge on any atom is -0.469 e.